The van der Waals surface area contributed by atoms with Gasteiger partial charge in [-0.2, -0.15) is 0 Å². The molecule has 26 heavy (non-hydrogen) atoms. The summed E-state index contributed by atoms with van der Waals surface area (Å²) in [7, 11) is 0. The minimum atomic E-state index is -0.605. The number of hydrogen-bond acceptors (Lipinski definition) is 4. The second-order valence-corrected chi connectivity index (χ2v) is 7.00. The molecule has 0 amide bonds. The van der Waals surface area contributed by atoms with E-state index in [1.807, 2.05) is 43.3 Å². The molecule has 1 aliphatic heterocycles. The Morgan fingerprint density at radius 1 is 1.15 bits per heavy atom. The van der Waals surface area contributed by atoms with E-state index in [9.17, 15) is 10.2 Å². The second-order valence-electron chi connectivity index (χ2n) is 6.60. The Morgan fingerprint density at radius 3 is 2.62 bits per heavy atom. The molecule has 1 heterocycles. The molecule has 3 atom stereocenters. The molecule has 0 radical (unpaired) electrons. The molecule has 4 nitrogen and oxygen atoms in total. The van der Waals surface area contributed by atoms with Gasteiger partial charge >= 0.3 is 0 Å². The predicted molar refractivity (Wildman–Crippen MR) is 102 cm³/mol. The molecule has 3 rings (SSSR count). The maximum Gasteiger partial charge on any atom is 0.119 e. The van der Waals surface area contributed by atoms with Gasteiger partial charge in [-0.15, -0.1) is 0 Å². The maximum atomic E-state index is 9.87. The zero-order valence-electron chi connectivity index (χ0n) is 14.9. The van der Waals surface area contributed by atoms with E-state index in [4.69, 9.17) is 21.1 Å². The Hall–Kier alpha value is -1.59. The van der Waals surface area contributed by atoms with E-state index in [1.165, 1.54) is 0 Å². The molecule has 2 aromatic rings. The lowest BCUT2D eigenvalue weighted by atomic mass is 9.94. The fourth-order valence-corrected chi connectivity index (χ4v) is 3.49. The number of aliphatic hydroxyl groups is 2. The summed E-state index contributed by atoms with van der Waals surface area (Å²) in [5.74, 6) is 0.861. The van der Waals surface area contributed by atoms with Gasteiger partial charge in [-0.25, -0.2) is 0 Å². The van der Waals surface area contributed by atoms with E-state index in [1.54, 1.807) is 0 Å². The van der Waals surface area contributed by atoms with E-state index in [2.05, 4.69) is 6.07 Å². The van der Waals surface area contributed by atoms with Crippen molar-refractivity contribution in [1.82, 2.24) is 0 Å². The summed E-state index contributed by atoms with van der Waals surface area (Å²) in [5.41, 5.74) is 3.21. The fourth-order valence-electron chi connectivity index (χ4n) is 3.31. The van der Waals surface area contributed by atoms with Gasteiger partial charge in [-0.1, -0.05) is 35.9 Å². The van der Waals surface area contributed by atoms with Crippen LogP contribution in [0.1, 0.15) is 42.6 Å². The zero-order valence-corrected chi connectivity index (χ0v) is 15.7. The number of rotatable bonds is 6. The third kappa shape index (κ3) is 4.57. The van der Waals surface area contributed by atoms with Crippen LogP contribution >= 0.6 is 11.6 Å². The van der Waals surface area contributed by atoms with Crippen molar-refractivity contribution < 1.29 is 19.7 Å². The van der Waals surface area contributed by atoms with Gasteiger partial charge in [-0.05, 0) is 61.1 Å². The molecule has 1 fully saturated rings. The molecule has 140 valence electrons. The van der Waals surface area contributed by atoms with Gasteiger partial charge in [0.15, 0.2) is 0 Å². The number of hydrogen-bond donors (Lipinski definition) is 2. The van der Waals surface area contributed by atoms with Crippen molar-refractivity contribution in [3.05, 3.63) is 64.2 Å². The first-order valence-electron chi connectivity index (χ1n) is 9.05. The maximum absolute atomic E-state index is 9.87. The Morgan fingerprint density at radius 2 is 1.92 bits per heavy atom. The third-order valence-corrected chi connectivity index (χ3v) is 5.11. The van der Waals surface area contributed by atoms with Crippen LogP contribution in [0.4, 0.5) is 0 Å². The van der Waals surface area contributed by atoms with Crippen molar-refractivity contribution in [2.45, 2.75) is 44.5 Å². The van der Waals surface area contributed by atoms with Crippen LogP contribution in [-0.2, 0) is 11.2 Å². The first kappa shape index (κ1) is 19.2. The lowest BCUT2D eigenvalue weighted by Crippen LogP contribution is -2.38. The molecule has 2 aromatic carbocycles. The molecule has 3 unspecified atom stereocenters. The SMILES string of the molecule is CCOc1ccc(Cc2cc(C3CCC(O)C(CO)O3)ccc2Cl)cc1. The van der Waals surface area contributed by atoms with Crippen LogP contribution in [0.3, 0.4) is 0 Å². The molecule has 0 bridgehead atoms. The first-order chi connectivity index (χ1) is 12.6. The third-order valence-electron chi connectivity index (χ3n) is 4.74. The summed E-state index contributed by atoms with van der Waals surface area (Å²) >= 11 is 6.40. The average molecular weight is 377 g/mol. The fraction of sp³-hybridized carbons (Fsp3) is 0.429. The highest BCUT2D eigenvalue weighted by Crippen LogP contribution is 2.33. The van der Waals surface area contributed by atoms with Crippen LogP contribution in [0.5, 0.6) is 5.75 Å². The highest BCUT2D eigenvalue weighted by molar-refractivity contribution is 6.31. The first-order valence-corrected chi connectivity index (χ1v) is 9.43. The molecule has 5 heteroatoms. The van der Waals surface area contributed by atoms with Gasteiger partial charge in [-0.3, -0.25) is 0 Å². The lowest BCUT2D eigenvalue weighted by Gasteiger charge is -2.33. The largest absolute Gasteiger partial charge is 0.494 e. The van der Waals surface area contributed by atoms with Crippen molar-refractivity contribution in [2.24, 2.45) is 0 Å². The minimum Gasteiger partial charge on any atom is -0.494 e. The Balaban J connectivity index is 1.75. The van der Waals surface area contributed by atoms with Crippen molar-refractivity contribution in [3.63, 3.8) is 0 Å². The zero-order chi connectivity index (χ0) is 18.5. The standard InChI is InChI=1S/C21H25ClO4/c1-2-25-17-6-3-14(4-7-17)11-16-12-15(5-8-18(16)22)20-10-9-19(24)21(13-23)26-20/h3-8,12,19-21,23-24H,2,9-11,13H2,1H3. The average Bonchev–Trinajstić information content (AvgIpc) is 2.66. The van der Waals surface area contributed by atoms with E-state index in [-0.39, 0.29) is 12.7 Å². The molecule has 0 aromatic heterocycles. The molecule has 1 aliphatic rings. The summed E-state index contributed by atoms with van der Waals surface area (Å²) in [6.07, 6.45) is 0.796. The van der Waals surface area contributed by atoms with Gasteiger partial charge in [0.2, 0.25) is 0 Å². The van der Waals surface area contributed by atoms with Gasteiger partial charge in [0, 0.05) is 5.02 Å². The lowest BCUT2D eigenvalue weighted by molar-refractivity contribution is -0.135. The number of benzene rings is 2. The van der Waals surface area contributed by atoms with Crippen LogP contribution < -0.4 is 4.74 Å². The summed E-state index contributed by atoms with van der Waals surface area (Å²) in [6, 6.07) is 13.9. The Bertz CT molecular complexity index is 716. The Kier molecular flexibility index (Phi) is 6.54. The summed E-state index contributed by atoms with van der Waals surface area (Å²) < 4.78 is 11.3. The van der Waals surface area contributed by atoms with Crippen LogP contribution in [0.25, 0.3) is 0 Å². The van der Waals surface area contributed by atoms with Crippen molar-refractivity contribution in [2.75, 3.05) is 13.2 Å². The summed E-state index contributed by atoms with van der Waals surface area (Å²) in [6.45, 7) is 2.44. The second kappa shape index (κ2) is 8.87. The van der Waals surface area contributed by atoms with Gasteiger partial charge in [0.05, 0.1) is 25.4 Å². The number of halogens is 1. The predicted octanol–water partition coefficient (Wildman–Crippen LogP) is 3.90. The summed E-state index contributed by atoms with van der Waals surface area (Å²) in [4.78, 5) is 0. The molecular weight excluding hydrogens is 352 g/mol. The van der Waals surface area contributed by atoms with Crippen LogP contribution in [0.15, 0.2) is 42.5 Å². The molecule has 0 aliphatic carbocycles. The van der Waals surface area contributed by atoms with E-state index < -0.39 is 12.2 Å². The van der Waals surface area contributed by atoms with Crippen molar-refractivity contribution >= 4 is 11.6 Å². The van der Waals surface area contributed by atoms with E-state index >= 15 is 0 Å². The van der Waals surface area contributed by atoms with Crippen molar-refractivity contribution in [3.8, 4) is 5.75 Å². The molecule has 0 saturated carbocycles. The number of aliphatic hydroxyl groups excluding tert-OH is 2. The van der Waals surface area contributed by atoms with Crippen LogP contribution in [0.2, 0.25) is 5.02 Å². The number of ether oxygens (including phenoxy) is 2. The topological polar surface area (TPSA) is 58.9 Å². The van der Waals surface area contributed by atoms with Crippen LogP contribution in [0, 0.1) is 0 Å². The molecule has 2 N–H and O–H groups in total. The Labute approximate surface area is 159 Å². The highest BCUT2D eigenvalue weighted by atomic mass is 35.5. The monoisotopic (exact) mass is 376 g/mol. The smallest absolute Gasteiger partial charge is 0.119 e. The normalized spacial score (nSPS) is 23.0. The molecule has 0 spiro atoms. The quantitative estimate of drug-likeness (QED) is 0.802. The van der Waals surface area contributed by atoms with E-state index in [0.717, 1.165) is 40.3 Å². The highest BCUT2D eigenvalue weighted by Gasteiger charge is 2.30. The van der Waals surface area contributed by atoms with Crippen molar-refractivity contribution in [1.29, 1.82) is 0 Å². The molecular formula is C21H25ClO4. The molecule has 1 saturated heterocycles. The van der Waals surface area contributed by atoms with Gasteiger partial charge < -0.3 is 19.7 Å². The summed E-state index contributed by atoms with van der Waals surface area (Å²) in [5, 5.41) is 20.0. The van der Waals surface area contributed by atoms with Gasteiger partial charge in [0.1, 0.15) is 11.9 Å². The van der Waals surface area contributed by atoms with Gasteiger partial charge in [0.25, 0.3) is 0 Å². The van der Waals surface area contributed by atoms with E-state index in [0.29, 0.717) is 13.0 Å². The van der Waals surface area contributed by atoms with Crippen LogP contribution in [-0.4, -0.2) is 35.6 Å². The minimum absolute atomic E-state index is 0.133.